The topological polar surface area (TPSA) is 34.1 Å². The Hall–Kier alpha value is -0.660. The van der Waals surface area contributed by atoms with E-state index in [4.69, 9.17) is 0 Å². The molecule has 1 rings (SSSR count). The lowest BCUT2D eigenvalue weighted by atomic mass is 10.00. The number of hydrogen-bond donors (Lipinski definition) is 0. The third-order valence-corrected chi connectivity index (χ3v) is 2.28. The molecular formula is C9H14O2. The van der Waals surface area contributed by atoms with Crippen molar-refractivity contribution in [1.82, 2.24) is 0 Å². The number of Topliss-reactive ketones (excluding diaryl/α,β-unsaturated/α-hetero) is 2. The van der Waals surface area contributed by atoms with E-state index in [0.29, 0.717) is 12.2 Å². The van der Waals surface area contributed by atoms with Gasteiger partial charge in [0.15, 0.2) is 0 Å². The molecule has 2 heteroatoms. The first-order valence-corrected chi connectivity index (χ1v) is 4.22. The van der Waals surface area contributed by atoms with E-state index in [2.05, 4.69) is 0 Å². The lowest BCUT2D eigenvalue weighted by molar-refractivity contribution is -0.121. The van der Waals surface area contributed by atoms with Crippen molar-refractivity contribution in [1.29, 1.82) is 0 Å². The van der Waals surface area contributed by atoms with Crippen LogP contribution < -0.4 is 0 Å². The van der Waals surface area contributed by atoms with Crippen molar-refractivity contribution in [3.05, 3.63) is 0 Å². The second kappa shape index (κ2) is 3.65. The molecule has 11 heavy (non-hydrogen) atoms. The quantitative estimate of drug-likeness (QED) is 0.620. The summed E-state index contributed by atoms with van der Waals surface area (Å²) < 4.78 is 0. The minimum absolute atomic E-state index is 0.199. The van der Waals surface area contributed by atoms with Crippen LogP contribution in [0.3, 0.4) is 0 Å². The Labute approximate surface area is 67.0 Å². The number of carbonyl (C=O) groups excluding carboxylic acids is 2. The molecule has 0 aromatic carbocycles. The zero-order valence-electron chi connectivity index (χ0n) is 6.93. The monoisotopic (exact) mass is 154 g/mol. The molecule has 1 atom stereocenters. The molecule has 1 unspecified atom stereocenters. The first kappa shape index (κ1) is 8.44. The number of rotatable bonds is 3. The Morgan fingerprint density at radius 3 is 2.82 bits per heavy atom. The predicted octanol–water partition coefficient (Wildman–Crippen LogP) is 1.72. The molecular weight excluding hydrogens is 140 g/mol. The van der Waals surface area contributed by atoms with Gasteiger partial charge in [-0.2, -0.15) is 0 Å². The lowest BCUT2D eigenvalue weighted by Crippen LogP contribution is -2.07. The summed E-state index contributed by atoms with van der Waals surface area (Å²) >= 11 is 0. The Morgan fingerprint density at radius 2 is 2.36 bits per heavy atom. The standard InChI is InChI=1S/C9H14O2/c1-7(10)5-6-8-3-2-4-9(8)11/h8H,2-6H2,1H3. The summed E-state index contributed by atoms with van der Waals surface area (Å²) in [6.45, 7) is 1.58. The van der Waals surface area contributed by atoms with Crippen molar-refractivity contribution in [2.75, 3.05) is 0 Å². The average molecular weight is 154 g/mol. The van der Waals surface area contributed by atoms with Crippen LogP contribution in [0.15, 0.2) is 0 Å². The second-order valence-electron chi connectivity index (χ2n) is 3.30. The van der Waals surface area contributed by atoms with E-state index in [1.165, 1.54) is 0 Å². The summed E-state index contributed by atoms with van der Waals surface area (Å²) in [4.78, 5) is 21.7. The molecule has 0 amide bonds. The van der Waals surface area contributed by atoms with E-state index in [-0.39, 0.29) is 11.7 Å². The van der Waals surface area contributed by atoms with E-state index >= 15 is 0 Å². The van der Waals surface area contributed by atoms with Gasteiger partial charge >= 0.3 is 0 Å². The van der Waals surface area contributed by atoms with Gasteiger partial charge in [0.1, 0.15) is 11.6 Å². The summed E-state index contributed by atoms with van der Waals surface area (Å²) in [6.07, 6.45) is 4.14. The molecule has 0 aromatic rings. The smallest absolute Gasteiger partial charge is 0.135 e. The molecule has 2 nitrogen and oxygen atoms in total. The number of carbonyl (C=O) groups is 2. The molecule has 0 N–H and O–H groups in total. The van der Waals surface area contributed by atoms with Crippen LogP contribution in [0, 0.1) is 5.92 Å². The van der Waals surface area contributed by atoms with Gasteiger partial charge < -0.3 is 4.79 Å². The highest BCUT2D eigenvalue weighted by Crippen LogP contribution is 2.25. The van der Waals surface area contributed by atoms with Gasteiger partial charge in [0.05, 0.1) is 0 Å². The maximum atomic E-state index is 11.1. The minimum Gasteiger partial charge on any atom is -0.300 e. The Kier molecular flexibility index (Phi) is 2.80. The highest BCUT2D eigenvalue weighted by Gasteiger charge is 2.23. The van der Waals surface area contributed by atoms with Gasteiger partial charge in [0, 0.05) is 18.8 Å². The molecule has 0 spiro atoms. The first-order chi connectivity index (χ1) is 5.20. The van der Waals surface area contributed by atoms with Gasteiger partial charge in [-0.3, -0.25) is 4.79 Å². The van der Waals surface area contributed by atoms with Crippen LogP contribution in [0.5, 0.6) is 0 Å². The SMILES string of the molecule is CC(=O)CCC1CCCC1=O. The molecule has 0 aromatic heterocycles. The molecule has 62 valence electrons. The summed E-state index contributed by atoms with van der Waals surface area (Å²) in [7, 11) is 0. The molecule has 0 aliphatic heterocycles. The fraction of sp³-hybridized carbons (Fsp3) is 0.778. The minimum atomic E-state index is 0.199. The fourth-order valence-corrected chi connectivity index (χ4v) is 1.57. The molecule has 0 radical (unpaired) electrons. The molecule has 1 aliphatic rings. The maximum absolute atomic E-state index is 11.1. The van der Waals surface area contributed by atoms with Gasteiger partial charge in [-0.15, -0.1) is 0 Å². The molecule has 0 bridgehead atoms. The summed E-state index contributed by atoms with van der Waals surface area (Å²) in [5.41, 5.74) is 0. The average Bonchev–Trinajstić information content (AvgIpc) is 2.31. The van der Waals surface area contributed by atoms with Gasteiger partial charge in [-0.1, -0.05) is 0 Å². The van der Waals surface area contributed by atoms with E-state index in [0.717, 1.165) is 25.7 Å². The van der Waals surface area contributed by atoms with Gasteiger partial charge in [0.2, 0.25) is 0 Å². The predicted molar refractivity (Wildman–Crippen MR) is 42.3 cm³/mol. The van der Waals surface area contributed by atoms with Crippen LogP contribution in [-0.4, -0.2) is 11.6 Å². The van der Waals surface area contributed by atoms with E-state index < -0.39 is 0 Å². The van der Waals surface area contributed by atoms with Crippen LogP contribution in [0.1, 0.15) is 39.0 Å². The van der Waals surface area contributed by atoms with Crippen LogP contribution >= 0.6 is 0 Å². The van der Waals surface area contributed by atoms with E-state index in [1.807, 2.05) is 0 Å². The van der Waals surface area contributed by atoms with E-state index in [9.17, 15) is 9.59 Å². The van der Waals surface area contributed by atoms with Crippen molar-refractivity contribution >= 4 is 11.6 Å². The maximum Gasteiger partial charge on any atom is 0.135 e. The molecule has 1 saturated carbocycles. The summed E-state index contributed by atoms with van der Waals surface area (Å²) in [5, 5.41) is 0. The molecule has 1 fully saturated rings. The third-order valence-electron chi connectivity index (χ3n) is 2.28. The normalized spacial score (nSPS) is 24.1. The van der Waals surface area contributed by atoms with Crippen molar-refractivity contribution in [3.8, 4) is 0 Å². The van der Waals surface area contributed by atoms with Crippen molar-refractivity contribution in [2.24, 2.45) is 5.92 Å². The van der Waals surface area contributed by atoms with Gasteiger partial charge in [0.25, 0.3) is 0 Å². The summed E-state index contributed by atoms with van der Waals surface area (Å²) in [5.74, 6) is 0.773. The number of hydrogen-bond acceptors (Lipinski definition) is 2. The van der Waals surface area contributed by atoms with Crippen molar-refractivity contribution < 1.29 is 9.59 Å². The zero-order valence-corrected chi connectivity index (χ0v) is 6.93. The third kappa shape index (κ3) is 2.45. The highest BCUT2D eigenvalue weighted by molar-refractivity contribution is 5.83. The van der Waals surface area contributed by atoms with Crippen LogP contribution in [0.25, 0.3) is 0 Å². The molecule has 0 saturated heterocycles. The number of ketones is 2. The van der Waals surface area contributed by atoms with Crippen LogP contribution in [-0.2, 0) is 9.59 Å². The Balaban J connectivity index is 2.26. The summed E-state index contributed by atoms with van der Waals surface area (Å²) in [6, 6.07) is 0. The van der Waals surface area contributed by atoms with Gasteiger partial charge in [-0.05, 0) is 26.2 Å². The first-order valence-electron chi connectivity index (χ1n) is 4.22. The molecule has 1 aliphatic carbocycles. The van der Waals surface area contributed by atoms with Crippen LogP contribution in [0.4, 0.5) is 0 Å². The second-order valence-corrected chi connectivity index (χ2v) is 3.30. The Morgan fingerprint density at radius 1 is 1.64 bits per heavy atom. The molecule has 0 heterocycles. The largest absolute Gasteiger partial charge is 0.300 e. The highest BCUT2D eigenvalue weighted by atomic mass is 16.1. The lowest BCUT2D eigenvalue weighted by Gasteiger charge is -2.03. The van der Waals surface area contributed by atoms with Crippen LogP contribution in [0.2, 0.25) is 0 Å². The Bertz CT molecular complexity index is 172. The van der Waals surface area contributed by atoms with Crippen molar-refractivity contribution in [3.63, 3.8) is 0 Å². The van der Waals surface area contributed by atoms with E-state index in [1.54, 1.807) is 6.92 Å². The van der Waals surface area contributed by atoms with Gasteiger partial charge in [-0.25, -0.2) is 0 Å². The fourth-order valence-electron chi connectivity index (χ4n) is 1.57. The van der Waals surface area contributed by atoms with Crippen molar-refractivity contribution in [2.45, 2.75) is 39.0 Å². The zero-order chi connectivity index (χ0) is 8.27.